The summed E-state index contributed by atoms with van der Waals surface area (Å²) in [5.41, 5.74) is 3.14. The number of amides is 1. The number of benzene rings is 1. The average Bonchev–Trinajstić information content (AvgIpc) is 3.19. The van der Waals surface area contributed by atoms with Crippen molar-refractivity contribution >= 4 is 11.6 Å². The summed E-state index contributed by atoms with van der Waals surface area (Å²) in [5, 5.41) is 1.13. The summed E-state index contributed by atoms with van der Waals surface area (Å²) in [5.74, 6) is -1.48. The molecule has 0 radical (unpaired) electrons. The van der Waals surface area contributed by atoms with Gasteiger partial charge in [0.25, 0.3) is 5.91 Å². The van der Waals surface area contributed by atoms with Crippen LogP contribution in [0.1, 0.15) is 24.0 Å². The van der Waals surface area contributed by atoms with Crippen LogP contribution >= 0.6 is 0 Å². The zero-order valence-corrected chi connectivity index (χ0v) is 16.3. The molecule has 5 nitrogen and oxygen atoms in total. The van der Waals surface area contributed by atoms with Gasteiger partial charge < -0.3 is 5.73 Å². The van der Waals surface area contributed by atoms with Crippen molar-refractivity contribution in [1.82, 2.24) is 15.4 Å². The number of carbonyl (C=O) groups is 1. The maximum atomic E-state index is 14.1. The predicted octanol–water partition coefficient (Wildman–Crippen LogP) is 4.39. The molecular weight excluding hydrogens is 438 g/mol. The highest BCUT2D eigenvalue weighted by molar-refractivity contribution is 6.06. The molecule has 0 bridgehead atoms. The summed E-state index contributed by atoms with van der Waals surface area (Å²) < 4.78 is 84.1. The van der Waals surface area contributed by atoms with E-state index in [-0.39, 0.29) is 29.8 Å². The van der Waals surface area contributed by atoms with E-state index in [1.165, 1.54) is 30.6 Å². The molecule has 2 aliphatic heterocycles. The second-order valence-electron chi connectivity index (χ2n) is 7.27. The smallest absolute Gasteiger partial charge is 0.366 e. The summed E-state index contributed by atoms with van der Waals surface area (Å²) in [4.78, 5) is 16.2. The van der Waals surface area contributed by atoms with Gasteiger partial charge in [-0.15, -0.1) is 0 Å². The van der Waals surface area contributed by atoms with Gasteiger partial charge in [0.1, 0.15) is 0 Å². The summed E-state index contributed by atoms with van der Waals surface area (Å²) in [6.07, 6.45) is -6.89. The normalized spacial score (nSPS) is 16.9. The van der Waals surface area contributed by atoms with Gasteiger partial charge in [0.05, 0.1) is 22.4 Å². The fourth-order valence-corrected chi connectivity index (χ4v) is 4.07. The Hall–Kier alpha value is -3.50. The van der Waals surface area contributed by atoms with Crippen molar-refractivity contribution in [1.29, 1.82) is 0 Å². The Morgan fingerprint density at radius 1 is 1.06 bits per heavy atom. The SMILES string of the molecule is NC(=O)C1=C(c2c(-c3cccnc3)cccc2C(F)(F)F)NN2CCCC2=C1C(F)(F)F. The summed E-state index contributed by atoms with van der Waals surface area (Å²) in [6.45, 7) is 0.126. The molecule has 4 rings (SSSR count). The molecule has 1 fully saturated rings. The van der Waals surface area contributed by atoms with E-state index in [0.29, 0.717) is 6.42 Å². The van der Waals surface area contributed by atoms with E-state index in [4.69, 9.17) is 5.73 Å². The van der Waals surface area contributed by atoms with Gasteiger partial charge in [-0.1, -0.05) is 18.2 Å². The number of hydrazine groups is 1. The molecule has 3 heterocycles. The van der Waals surface area contributed by atoms with E-state index in [0.717, 1.165) is 17.1 Å². The van der Waals surface area contributed by atoms with Crippen LogP contribution in [0.4, 0.5) is 26.3 Å². The Labute approximate surface area is 178 Å². The van der Waals surface area contributed by atoms with Crippen LogP contribution in [-0.4, -0.2) is 28.6 Å². The number of nitrogens with two attached hydrogens (primary N) is 1. The number of allylic oxidation sites excluding steroid dienone is 1. The minimum Gasteiger partial charge on any atom is -0.366 e. The molecule has 1 aromatic carbocycles. The van der Waals surface area contributed by atoms with Gasteiger partial charge >= 0.3 is 12.4 Å². The molecule has 0 saturated carbocycles. The second kappa shape index (κ2) is 7.57. The molecule has 0 atom stereocenters. The van der Waals surface area contributed by atoms with Gasteiger partial charge in [0.15, 0.2) is 0 Å². The maximum absolute atomic E-state index is 14.1. The van der Waals surface area contributed by atoms with Crippen LogP contribution in [0.3, 0.4) is 0 Å². The molecule has 0 aliphatic carbocycles. The van der Waals surface area contributed by atoms with Gasteiger partial charge in [-0.3, -0.25) is 20.2 Å². The lowest BCUT2D eigenvalue weighted by Crippen LogP contribution is -2.42. The molecule has 2 aliphatic rings. The standard InChI is InChI=1S/C21H16F6N4O/c22-20(23,24)13-6-1-5-12(11-4-2-8-29-10-11)15(13)18-16(19(28)32)17(21(25,26)27)14-7-3-9-31(14)30-18/h1-2,4-6,8,10,30H,3,7,9H2,(H2,28,32). The highest BCUT2D eigenvalue weighted by atomic mass is 19.4. The Morgan fingerprint density at radius 3 is 2.41 bits per heavy atom. The van der Waals surface area contributed by atoms with Crippen molar-refractivity contribution in [3.8, 4) is 11.1 Å². The van der Waals surface area contributed by atoms with E-state index in [9.17, 15) is 31.1 Å². The van der Waals surface area contributed by atoms with Crippen LogP contribution < -0.4 is 11.2 Å². The predicted molar refractivity (Wildman–Crippen MR) is 103 cm³/mol. The zero-order chi connectivity index (χ0) is 23.3. The molecule has 168 valence electrons. The molecule has 0 unspecified atom stereocenters. The molecule has 1 saturated heterocycles. The Kier molecular flexibility index (Phi) is 5.14. The van der Waals surface area contributed by atoms with Gasteiger partial charge in [0, 0.05) is 35.8 Å². The van der Waals surface area contributed by atoms with Crippen molar-refractivity contribution < 1.29 is 31.1 Å². The number of nitrogens with zero attached hydrogens (tertiary/aromatic N) is 2. The number of rotatable bonds is 3. The number of fused-ring (bicyclic) bond motifs is 1. The van der Waals surface area contributed by atoms with E-state index in [1.807, 2.05) is 0 Å². The molecule has 11 heteroatoms. The minimum atomic E-state index is -5.00. The number of hydrogen-bond acceptors (Lipinski definition) is 4. The largest absolute Gasteiger partial charge is 0.419 e. The van der Waals surface area contributed by atoms with Crippen molar-refractivity contribution in [2.45, 2.75) is 25.2 Å². The fraction of sp³-hybridized carbons (Fsp3) is 0.238. The number of halogens is 6. The quantitative estimate of drug-likeness (QED) is 0.675. The first-order chi connectivity index (χ1) is 15.0. The van der Waals surface area contributed by atoms with Gasteiger partial charge in [-0.25, -0.2) is 0 Å². The molecule has 2 aromatic rings. The fourth-order valence-electron chi connectivity index (χ4n) is 4.07. The number of nitrogens with one attached hydrogen (secondary N) is 1. The van der Waals surface area contributed by atoms with Crippen molar-refractivity contribution in [3.05, 3.63) is 70.7 Å². The number of pyridine rings is 1. The van der Waals surface area contributed by atoms with Crippen molar-refractivity contribution in [2.24, 2.45) is 5.73 Å². The van der Waals surface area contributed by atoms with Crippen molar-refractivity contribution in [3.63, 3.8) is 0 Å². The first kappa shape index (κ1) is 21.7. The molecule has 1 aromatic heterocycles. The van der Waals surface area contributed by atoms with Crippen LogP contribution in [0.2, 0.25) is 0 Å². The topological polar surface area (TPSA) is 71.2 Å². The third kappa shape index (κ3) is 3.67. The maximum Gasteiger partial charge on any atom is 0.419 e. The minimum absolute atomic E-state index is 0.00227. The van der Waals surface area contributed by atoms with Crippen LogP contribution in [0.5, 0.6) is 0 Å². The average molecular weight is 454 g/mol. The first-order valence-corrected chi connectivity index (χ1v) is 9.50. The lowest BCUT2D eigenvalue weighted by Gasteiger charge is -2.35. The third-order valence-electron chi connectivity index (χ3n) is 5.28. The van der Waals surface area contributed by atoms with E-state index in [1.54, 1.807) is 0 Å². The van der Waals surface area contributed by atoms with Crippen LogP contribution in [0, 0.1) is 0 Å². The lowest BCUT2D eigenvalue weighted by molar-refractivity contribution is -0.137. The van der Waals surface area contributed by atoms with Gasteiger partial charge in [0.2, 0.25) is 0 Å². The summed E-state index contributed by atoms with van der Waals surface area (Å²) in [6, 6.07) is 6.17. The lowest BCUT2D eigenvalue weighted by atomic mass is 9.88. The molecule has 3 N–H and O–H groups in total. The summed E-state index contributed by atoms with van der Waals surface area (Å²) in [7, 11) is 0. The van der Waals surface area contributed by atoms with E-state index in [2.05, 4.69) is 10.4 Å². The summed E-state index contributed by atoms with van der Waals surface area (Å²) >= 11 is 0. The number of aromatic nitrogens is 1. The van der Waals surface area contributed by atoms with Crippen LogP contribution in [0.25, 0.3) is 16.8 Å². The van der Waals surface area contributed by atoms with Gasteiger partial charge in [-0.05, 0) is 30.5 Å². The van der Waals surface area contributed by atoms with E-state index >= 15 is 0 Å². The highest BCUT2D eigenvalue weighted by Gasteiger charge is 2.48. The number of primary amides is 1. The molecule has 32 heavy (non-hydrogen) atoms. The highest BCUT2D eigenvalue weighted by Crippen LogP contribution is 2.47. The molecule has 1 amide bonds. The van der Waals surface area contributed by atoms with Crippen LogP contribution in [-0.2, 0) is 11.0 Å². The molecule has 0 spiro atoms. The van der Waals surface area contributed by atoms with E-state index < -0.39 is 46.2 Å². The Morgan fingerprint density at radius 2 is 1.81 bits per heavy atom. The molecular formula is C21H16F6N4O. The Balaban J connectivity index is 2.12. The van der Waals surface area contributed by atoms with Gasteiger partial charge in [-0.2, -0.15) is 26.3 Å². The van der Waals surface area contributed by atoms with Crippen LogP contribution in [0.15, 0.2) is 59.6 Å². The number of alkyl halides is 6. The zero-order valence-electron chi connectivity index (χ0n) is 16.3. The second-order valence-corrected chi connectivity index (χ2v) is 7.27. The number of carbonyl (C=O) groups excluding carboxylic acids is 1. The van der Waals surface area contributed by atoms with Crippen molar-refractivity contribution in [2.75, 3.05) is 6.54 Å². The Bertz CT molecular complexity index is 1140. The first-order valence-electron chi connectivity index (χ1n) is 9.50. The monoisotopic (exact) mass is 454 g/mol. The third-order valence-corrected chi connectivity index (χ3v) is 5.28. The number of hydrogen-bond donors (Lipinski definition) is 2.